The highest BCUT2D eigenvalue weighted by atomic mass is 32.1. The lowest BCUT2D eigenvalue weighted by Gasteiger charge is -2.40. The molecular weight excluding hydrogens is 360 g/mol. The number of aromatic nitrogens is 2. The first-order valence-electron chi connectivity index (χ1n) is 9.92. The van der Waals surface area contributed by atoms with Crippen molar-refractivity contribution >= 4 is 17.2 Å². The Balaban J connectivity index is 1.27. The zero-order valence-corrected chi connectivity index (χ0v) is 16.3. The standard InChI is InChI=1S/C20H26N4O2S/c25-18(22-13-19(3-4-19)14-24-10-1-7-23-24)17-12-15-16(27-17)2-11-26-20(15)5-8-21-9-6-20/h1,7,10,12,21H,2-6,8-9,11,13-14H2,(H,22,25). The fourth-order valence-corrected chi connectivity index (χ4v) is 5.58. The van der Waals surface area contributed by atoms with Gasteiger partial charge in [-0.2, -0.15) is 5.10 Å². The van der Waals surface area contributed by atoms with Gasteiger partial charge in [0.05, 0.1) is 17.1 Å². The van der Waals surface area contributed by atoms with Gasteiger partial charge in [0.15, 0.2) is 0 Å². The molecule has 0 unspecified atom stereocenters. The predicted molar refractivity (Wildman–Crippen MR) is 104 cm³/mol. The Morgan fingerprint density at radius 3 is 2.93 bits per heavy atom. The molecule has 2 aromatic rings. The van der Waals surface area contributed by atoms with E-state index in [1.165, 1.54) is 10.4 Å². The lowest BCUT2D eigenvalue weighted by molar-refractivity contribution is -0.0792. The van der Waals surface area contributed by atoms with Gasteiger partial charge in [-0.15, -0.1) is 11.3 Å². The van der Waals surface area contributed by atoms with Crippen LogP contribution < -0.4 is 10.6 Å². The monoisotopic (exact) mass is 386 g/mol. The van der Waals surface area contributed by atoms with Gasteiger partial charge in [0.25, 0.3) is 5.91 Å². The summed E-state index contributed by atoms with van der Waals surface area (Å²) in [5, 5.41) is 10.9. The van der Waals surface area contributed by atoms with Gasteiger partial charge >= 0.3 is 0 Å². The summed E-state index contributed by atoms with van der Waals surface area (Å²) in [6, 6.07) is 4.05. The first kappa shape index (κ1) is 17.4. The molecule has 7 heteroatoms. The lowest BCUT2D eigenvalue weighted by atomic mass is 9.83. The van der Waals surface area contributed by atoms with E-state index in [4.69, 9.17) is 4.74 Å². The van der Waals surface area contributed by atoms with Crippen LogP contribution in [0.2, 0.25) is 0 Å². The van der Waals surface area contributed by atoms with Gasteiger partial charge in [0.2, 0.25) is 0 Å². The SMILES string of the molecule is O=C(NCC1(Cn2cccn2)CC1)c1cc2c(s1)CCOC21CCNCC1. The van der Waals surface area contributed by atoms with Crippen LogP contribution in [0.25, 0.3) is 0 Å². The molecule has 1 aliphatic carbocycles. The van der Waals surface area contributed by atoms with Gasteiger partial charge in [-0.05, 0) is 56.5 Å². The molecule has 2 N–H and O–H groups in total. The van der Waals surface area contributed by atoms with E-state index in [9.17, 15) is 4.79 Å². The number of ether oxygens (including phenoxy) is 1. The van der Waals surface area contributed by atoms with E-state index >= 15 is 0 Å². The molecular formula is C20H26N4O2S. The third kappa shape index (κ3) is 3.32. The van der Waals surface area contributed by atoms with Crippen LogP contribution in [0.15, 0.2) is 24.5 Å². The molecule has 1 amide bonds. The van der Waals surface area contributed by atoms with E-state index in [-0.39, 0.29) is 16.9 Å². The number of nitrogens with zero attached hydrogens (tertiary/aromatic N) is 2. The van der Waals surface area contributed by atoms with Gasteiger partial charge in [0, 0.05) is 42.2 Å². The highest BCUT2D eigenvalue weighted by molar-refractivity contribution is 7.14. The molecule has 2 aromatic heterocycles. The fourth-order valence-electron chi connectivity index (χ4n) is 4.43. The average molecular weight is 387 g/mol. The third-order valence-electron chi connectivity index (χ3n) is 6.28. The molecule has 6 nitrogen and oxygen atoms in total. The summed E-state index contributed by atoms with van der Waals surface area (Å²) in [5.41, 5.74) is 1.27. The van der Waals surface area contributed by atoms with E-state index in [2.05, 4.69) is 21.8 Å². The van der Waals surface area contributed by atoms with Crippen LogP contribution in [0.3, 0.4) is 0 Å². The normalized spacial score (nSPS) is 22.4. The van der Waals surface area contributed by atoms with Crippen molar-refractivity contribution in [2.45, 2.75) is 44.2 Å². The second kappa shape index (κ2) is 6.72. The van der Waals surface area contributed by atoms with Gasteiger partial charge in [-0.25, -0.2) is 0 Å². The van der Waals surface area contributed by atoms with Crippen molar-refractivity contribution in [2.75, 3.05) is 26.2 Å². The zero-order chi connectivity index (χ0) is 18.3. The molecule has 144 valence electrons. The topological polar surface area (TPSA) is 68.2 Å². The molecule has 5 rings (SSSR count). The largest absolute Gasteiger partial charge is 0.370 e. The summed E-state index contributed by atoms with van der Waals surface area (Å²) >= 11 is 1.66. The number of carbonyl (C=O) groups is 1. The third-order valence-corrected chi connectivity index (χ3v) is 7.47. The number of carbonyl (C=O) groups excluding carboxylic acids is 1. The molecule has 4 heterocycles. The van der Waals surface area contributed by atoms with Gasteiger partial charge in [-0.1, -0.05) is 0 Å². The van der Waals surface area contributed by atoms with Crippen molar-refractivity contribution < 1.29 is 9.53 Å². The van der Waals surface area contributed by atoms with Gasteiger partial charge in [0.1, 0.15) is 0 Å². The minimum atomic E-state index is -0.175. The average Bonchev–Trinajstić information content (AvgIpc) is 3.08. The maximum Gasteiger partial charge on any atom is 0.261 e. The molecule has 2 fully saturated rings. The number of hydrogen-bond donors (Lipinski definition) is 2. The highest BCUT2D eigenvalue weighted by Crippen LogP contribution is 2.47. The Morgan fingerprint density at radius 2 is 2.19 bits per heavy atom. The van der Waals surface area contributed by atoms with Crippen molar-refractivity contribution in [3.8, 4) is 0 Å². The molecule has 27 heavy (non-hydrogen) atoms. The quantitative estimate of drug-likeness (QED) is 0.827. The molecule has 0 radical (unpaired) electrons. The van der Waals surface area contributed by atoms with Crippen molar-refractivity contribution in [2.24, 2.45) is 5.41 Å². The number of hydrogen-bond acceptors (Lipinski definition) is 5. The fraction of sp³-hybridized carbons (Fsp3) is 0.600. The minimum absolute atomic E-state index is 0.0604. The molecule has 1 saturated carbocycles. The van der Waals surface area contributed by atoms with E-state index in [0.29, 0.717) is 0 Å². The van der Waals surface area contributed by atoms with Crippen molar-refractivity contribution in [1.82, 2.24) is 20.4 Å². The maximum absolute atomic E-state index is 12.8. The van der Waals surface area contributed by atoms with Crippen LogP contribution >= 0.6 is 11.3 Å². The number of thiophene rings is 1. The number of piperidine rings is 1. The molecule has 0 bridgehead atoms. The minimum Gasteiger partial charge on any atom is -0.370 e. The van der Waals surface area contributed by atoms with Crippen LogP contribution in [0.4, 0.5) is 0 Å². The lowest BCUT2D eigenvalue weighted by Crippen LogP contribution is -2.44. The van der Waals surface area contributed by atoms with Crippen LogP contribution in [0.5, 0.6) is 0 Å². The summed E-state index contributed by atoms with van der Waals surface area (Å²) in [5.74, 6) is 0.0604. The second-order valence-corrected chi connectivity index (χ2v) is 9.31. The Hall–Kier alpha value is -1.70. The first-order chi connectivity index (χ1) is 13.2. The van der Waals surface area contributed by atoms with Crippen molar-refractivity contribution in [3.63, 3.8) is 0 Å². The van der Waals surface area contributed by atoms with E-state index in [0.717, 1.165) is 69.8 Å². The molecule has 0 aromatic carbocycles. The van der Waals surface area contributed by atoms with Crippen molar-refractivity contribution in [3.05, 3.63) is 39.8 Å². The Morgan fingerprint density at radius 1 is 1.33 bits per heavy atom. The van der Waals surface area contributed by atoms with Crippen LogP contribution in [-0.2, 0) is 23.3 Å². The summed E-state index contributed by atoms with van der Waals surface area (Å²) in [6.45, 7) is 4.33. The molecule has 2 aliphatic heterocycles. The Kier molecular flexibility index (Phi) is 4.33. The van der Waals surface area contributed by atoms with Gasteiger partial charge in [-0.3, -0.25) is 9.48 Å². The van der Waals surface area contributed by atoms with E-state index < -0.39 is 0 Å². The smallest absolute Gasteiger partial charge is 0.261 e. The Labute approximate surface area is 163 Å². The zero-order valence-electron chi connectivity index (χ0n) is 15.5. The summed E-state index contributed by atoms with van der Waals surface area (Å²) in [6.07, 6.45) is 9.01. The first-order valence-corrected chi connectivity index (χ1v) is 10.7. The molecule has 3 aliphatic rings. The number of amides is 1. The maximum atomic E-state index is 12.8. The molecule has 1 saturated heterocycles. The van der Waals surface area contributed by atoms with Crippen molar-refractivity contribution in [1.29, 1.82) is 0 Å². The predicted octanol–water partition coefficient (Wildman–Crippen LogP) is 2.31. The second-order valence-electron chi connectivity index (χ2n) is 8.18. The van der Waals surface area contributed by atoms with Crippen LogP contribution in [0, 0.1) is 5.41 Å². The van der Waals surface area contributed by atoms with Crippen LogP contribution in [0.1, 0.15) is 45.8 Å². The Bertz CT molecular complexity index is 819. The number of nitrogens with one attached hydrogen (secondary N) is 2. The highest BCUT2D eigenvalue weighted by Gasteiger charge is 2.44. The summed E-state index contributed by atoms with van der Waals surface area (Å²) in [4.78, 5) is 15.0. The molecule has 0 atom stereocenters. The van der Waals surface area contributed by atoms with Gasteiger partial charge < -0.3 is 15.4 Å². The number of fused-ring (bicyclic) bond motifs is 2. The van der Waals surface area contributed by atoms with E-state index in [1.807, 2.05) is 23.1 Å². The van der Waals surface area contributed by atoms with E-state index in [1.54, 1.807) is 11.3 Å². The number of rotatable bonds is 5. The van der Waals surface area contributed by atoms with Crippen LogP contribution in [-0.4, -0.2) is 41.9 Å². The molecule has 1 spiro atoms. The summed E-state index contributed by atoms with van der Waals surface area (Å²) in [7, 11) is 0. The summed E-state index contributed by atoms with van der Waals surface area (Å²) < 4.78 is 8.21.